The minimum absolute atomic E-state index is 0.189. The van der Waals surface area contributed by atoms with E-state index >= 15 is 4.39 Å². The second-order valence-corrected chi connectivity index (χ2v) is 8.60. The molecular formula is C32H30FNO4. The predicted octanol–water partition coefficient (Wildman–Crippen LogP) is 7.42. The Hall–Kier alpha value is -4.58. The highest BCUT2D eigenvalue weighted by Gasteiger charge is 2.16. The van der Waals surface area contributed by atoms with E-state index < -0.39 is 11.9 Å². The van der Waals surface area contributed by atoms with Gasteiger partial charge in [0, 0.05) is 0 Å². The number of ether oxygens (including phenoxy) is 2. The molecule has 0 bridgehead atoms. The number of hydrogen-bond acceptors (Lipinski definition) is 3. The molecule has 2 N–H and O–H groups in total. The molecule has 4 rings (SSSR count). The highest BCUT2D eigenvalue weighted by atomic mass is 19.1. The van der Waals surface area contributed by atoms with E-state index in [1.807, 2.05) is 78.9 Å². The number of carboxylic acid groups (broad SMARTS) is 1. The second kappa shape index (κ2) is 13.1. The van der Waals surface area contributed by atoms with Crippen LogP contribution in [0.15, 0.2) is 103 Å². The third-order valence-corrected chi connectivity index (χ3v) is 6.03. The van der Waals surface area contributed by atoms with Crippen LogP contribution in [-0.2, 0) is 6.61 Å². The van der Waals surface area contributed by atoms with Gasteiger partial charge in [-0.1, -0.05) is 85.8 Å². The van der Waals surface area contributed by atoms with Gasteiger partial charge in [0.15, 0.2) is 11.6 Å². The summed E-state index contributed by atoms with van der Waals surface area (Å²) in [5.41, 5.74) is 5.70. The number of nitrogens with one attached hydrogen (secondary N) is 1. The molecule has 0 aliphatic carbocycles. The molecule has 0 aliphatic heterocycles. The van der Waals surface area contributed by atoms with Crippen molar-refractivity contribution in [3.05, 3.63) is 131 Å². The first-order valence-corrected chi connectivity index (χ1v) is 12.5. The van der Waals surface area contributed by atoms with Gasteiger partial charge in [-0.3, -0.25) is 0 Å². The fraction of sp³-hybridized carbons (Fsp3) is 0.156. The molecule has 0 aliphatic rings. The molecule has 0 aromatic heterocycles. The molecule has 5 nitrogen and oxygen atoms in total. The van der Waals surface area contributed by atoms with Crippen LogP contribution >= 0.6 is 0 Å². The molecule has 4 aromatic carbocycles. The molecule has 0 heterocycles. The summed E-state index contributed by atoms with van der Waals surface area (Å²) < 4.78 is 26.7. The Labute approximate surface area is 222 Å². The van der Waals surface area contributed by atoms with Crippen molar-refractivity contribution in [1.29, 1.82) is 0 Å². The van der Waals surface area contributed by atoms with Crippen LogP contribution in [0.5, 0.6) is 11.5 Å². The third kappa shape index (κ3) is 7.01. The van der Waals surface area contributed by atoms with Gasteiger partial charge in [0.1, 0.15) is 19.0 Å². The van der Waals surface area contributed by atoms with Gasteiger partial charge in [-0.05, 0) is 64.1 Å². The number of benzene rings is 4. The SMILES string of the molecule is CC/C(=C(/c1ccc(OCCNC(=O)O)cc1)c1ccc(OCc2ccccc2)c(F)c1)c1ccccc1. The van der Waals surface area contributed by atoms with Crippen molar-refractivity contribution >= 4 is 17.2 Å². The molecule has 1 amide bonds. The number of carbonyl (C=O) groups is 1. The smallest absolute Gasteiger partial charge is 0.404 e. The fourth-order valence-corrected chi connectivity index (χ4v) is 4.23. The number of allylic oxidation sites excluding steroid dienone is 1. The van der Waals surface area contributed by atoms with Gasteiger partial charge < -0.3 is 19.9 Å². The summed E-state index contributed by atoms with van der Waals surface area (Å²) >= 11 is 0. The highest BCUT2D eigenvalue weighted by molar-refractivity contribution is 5.98. The number of rotatable bonds is 11. The van der Waals surface area contributed by atoms with Crippen molar-refractivity contribution in [2.24, 2.45) is 0 Å². The van der Waals surface area contributed by atoms with Crippen molar-refractivity contribution in [3.8, 4) is 11.5 Å². The average Bonchev–Trinajstić information content (AvgIpc) is 2.95. The molecule has 0 saturated carbocycles. The molecule has 0 spiro atoms. The Balaban J connectivity index is 1.65. The maximum atomic E-state index is 15.3. The summed E-state index contributed by atoms with van der Waals surface area (Å²) in [7, 11) is 0. The van der Waals surface area contributed by atoms with Crippen molar-refractivity contribution in [2.75, 3.05) is 13.2 Å². The van der Waals surface area contributed by atoms with E-state index in [9.17, 15) is 4.79 Å². The fourth-order valence-electron chi connectivity index (χ4n) is 4.23. The molecule has 0 saturated heterocycles. The van der Waals surface area contributed by atoms with E-state index in [1.54, 1.807) is 6.07 Å². The van der Waals surface area contributed by atoms with Crippen molar-refractivity contribution < 1.29 is 23.8 Å². The largest absolute Gasteiger partial charge is 0.492 e. The summed E-state index contributed by atoms with van der Waals surface area (Å²) in [5.74, 6) is 0.396. The Morgan fingerprint density at radius 2 is 1.47 bits per heavy atom. The summed E-state index contributed by atoms with van der Waals surface area (Å²) in [6.45, 7) is 2.78. The summed E-state index contributed by atoms with van der Waals surface area (Å²) in [5, 5.41) is 11.0. The van der Waals surface area contributed by atoms with Crippen LogP contribution in [0.25, 0.3) is 11.1 Å². The summed E-state index contributed by atoms with van der Waals surface area (Å²) in [6, 6.07) is 32.4. The average molecular weight is 512 g/mol. The lowest BCUT2D eigenvalue weighted by atomic mass is 9.88. The zero-order chi connectivity index (χ0) is 26.7. The van der Waals surface area contributed by atoms with Crippen molar-refractivity contribution in [1.82, 2.24) is 5.32 Å². The Kier molecular flexibility index (Phi) is 9.13. The van der Waals surface area contributed by atoms with Gasteiger partial charge in [0.2, 0.25) is 0 Å². The molecule has 0 atom stereocenters. The van der Waals surface area contributed by atoms with Crippen molar-refractivity contribution in [2.45, 2.75) is 20.0 Å². The van der Waals surface area contributed by atoms with Crippen LogP contribution in [0.4, 0.5) is 9.18 Å². The first-order valence-electron chi connectivity index (χ1n) is 12.5. The second-order valence-electron chi connectivity index (χ2n) is 8.60. The van der Waals surface area contributed by atoms with E-state index in [1.165, 1.54) is 6.07 Å². The maximum Gasteiger partial charge on any atom is 0.404 e. The van der Waals surface area contributed by atoms with Crippen LogP contribution in [0, 0.1) is 5.82 Å². The molecule has 0 unspecified atom stereocenters. The Bertz CT molecular complexity index is 1370. The topological polar surface area (TPSA) is 67.8 Å². The third-order valence-electron chi connectivity index (χ3n) is 6.03. The van der Waals surface area contributed by atoms with Gasteiger partial charge in [-0.25, -0.2) is 9.18 Å². The Morgan fingerprint density at radius 3 is 2.11 bits per heavy atom. The highest BCUT2D eigenvalue weighted by Crippen LogP contribution is 2.36. The van der Waals surface area contributed by atoms with Crippen LogP contribution in [0.1, 0.15) is 35.6 Å². The van der Waals surface area contributed by atoms with Gasteiger partial charge in [-0.2, -0.15) is 0 Å². The van der Waals surface area contributed by atoms with Gasteiger partial charge in [0.05, 0.1) is 6.54 Å². The molecular weight excluding hydrogens is 481 g/mol. The number of halogens is 1. The number of amides is 1. The van der Waals surface area contributed by atoms with E-state index in [-0.39, 0.29) is 25.5 Å². The monoisotopic (exact) mass is 511 g/mol. The van der Waals surface area contributed by atoms with E-state index in [0.29, 0.717) is 5.75 Å². The minimum atomic E-state index is -1.09. The molecule has 4 aromatic rings. The van der Waals surface area contributed by atoms with Gasteiger partial charge in [0.25, 0.3) is 0 Å². The predicted molar refractivity (Wildman–Crippen MR) is 148 cm³/mol. The van der Waals surface area contributed by atoms with Crippen LogP contribution in [-0.4, -0.2) is 24.4 Å². The summed E-state index contributed by atoms with van der Waals surface area (Å²) in [6.07, 6.45) is -0.345. The lowest BCUT2D eigenvalue weighted by Crippen LogP contribution is -2.26. The van der Waals surface area contributed by atoms with Crippen LogP contribution in [0.3, 0.4) is 0 Å². The van der Waals surface area contributed by atoms with E-state index in [4.69, 9.17) is 14.6 Å². The lowest BCUT2D eigenvalue weighted by Gasteiger charge is -2.18. The zero-order valence-electron chi connectivity index (χ0n) is 21.2. The van der Waals surface area contributed by atoms with Gasteiger partial charge >= 0.3 is 6.09 Å². The first-order chi connectivity index (χ1) is 18.5. The zero-order valence-corrected chi connectivity index (χ0v) is 21.2. The van der Waals surface area contributed by atoms with E-state index in [0.717, 1.165) is 39.8 Å². The molecule has 6 heteroatoms. The molecule has 0 radical (unpaired) electrons. The maximum absolute atomic E-state index is 15.3. The van der Waals surface area contributed by atoms with E-state index in [2.05, 4.69) is 24.4 Å². The molecule has 194 valence electrons. The van der Waals surface area contributed by atoms with Crippen LogP contribution < -0.4 is 14.8 Å². The lowest BCUT2D eigenvalue weighted by molar-refractivity contribution is 0.191. The molecule has 0 fully saturated rings. The Morgan fingerprint density at radius 1 is 0.816 bits per heavy atom. The minimum Gasteiger partial charge on any atom is -0.492 e. The quantitative estimate of drug-likeness (QED) is 0.162. The first kappa shape index (κ1) is 26.5. The summed E-state index contributed by atoms with van der Waals surface area (Å²) in [4.78, 5) is 10.6. The number of hydrogen-bond donors (Lipinski definition) is 2. The normalized spacial score (nSPS) is 11.4. The van der Waals surface area contributed by atoms with Crippen molar-refractivity contribution in [3.63, 3.8) is 0 Å². The standard InChI is InChI=1S/C32H30FNO4/c1-2-28(24-11-7-4-8-12-24)31(25-13-16-27(17-14-25)37-20-19-34-32(35)36)26-15-18-30(29(33)21-26)38-22-23-9-5-3-6-10-23/h3-18,21,34H,2,19-20,22H2,1H3,(H,35,36)/b31-28+. The molecule has 38 heavy (non-hydrogen) atoms. The van der Waals surface area contributed by atoms with Gasteiger partial charge in [-0.15, -0.1) is 0 Å². The van der Waals surface area contributed by atoms with Crippen LogP contribution in [0.2, 0.25) is 0 Å².